The van der Waals surface area contributed by atoms with E-state index in [1.807, 2.05) is 36.4 Å². The van der Waals surface area contributed by atoms with Gasteiger partial charge in [0.1, 0.15) is 4.90 Å². The minimum atomic E-state index is -3.47. The largest absolute Gasteiger partial charge is 0.339 e. The molecule has 1 N–H and O–H groups in total. The van der Waals surface area contributed by atoms with Crippen molar-refractivity contribution in [1.29, 1.82) is 0 Å². The maximum atomic E-state index is 12.8. The average Bonchev–Trinajstić information content (AvgIpc) is 2.71. The topological polar surface area (TPSA) is 109 Å². The second kappa shape index (κ2) is 7.82. The number of aryl methyl sites for hydroxylation is 1. The van der Waals surface area contributed by atoms with Gasteiger partial charge in [-0.1, -0.05) is 35.9 Å². The molecular weight excluding hydrogens is 436 g/mol. The number of benzene rings is 2. The smallest absolute Gasteiger partial charge is 0.183 e. The summed E-state index contributed by atoms with van der Waals surface area (Å²) in [6.45, 7) is 0. The zero-order chi connectivity index (χ0) is 21.4. The Bertz CT molecular complexity index is 1340. The lowest BCUT2D eigenvalue weighted by Gasteiger charge is -2.20. The predicted molar refractivity (Wildman–Crippen MR) is 119 cm³/mol. The van der Waals surface area contributed by atoms with Crippen molar-refractivity contribution in [2.24, 2.45) is 15.4 Å². The Labute approximate surface area is 184 Å². The first-order chi connectivity index (χ1) is 15.0. The van der Waals surface area contributed by atoms with Crippen LogP contribution in [0, 0.1) is 0 Å². The summed E-state index contributed by atoms with van der Waals surface area (Å²) in [5.41, 5.74) is 3.01. The standard InChI is InChI=1S/C21H17ClN6O2S/c22-15-4-1-3-14(12-15)20-24-17-5-2-10-31(29,30)19(17)21(25-20)23-16-8-6-13(7-9-16)11-18-26-28-27-18/h1,3-4,6-9,12H,2,5,10-11H2,(H,23,24,25). The van der Waals surface area contributed by atoms with E-state index in [0.717, 1.165) is 16.8 Å². The number of aromatic nitrogens is 2. The molecule has 0 atom stereocenters. The second-order valence-corrected chi connectivity index (χ2v) is 9.79. The van der Waals surface area contributed by atoms with Gasteiger partial charge in [0.15, 0.2) is 27.3 Å². The molecule has 0 saturated heterocycles. The maximum Gasteiger partial charge on any atom is 0.183 e. The van der Waals surface area contributed by atoms with E-state index < -0.39 is 9.84 Å². The van der Waals surface area contributed by atoms with Crippen LogP contribution in [-0.4, -0.2) is 30.0 Å². The average molecular weight is 453 g/mol. The highest BCUT2D eigenvalue weighted by atomic mass is 35.5. The van der Waals surface area contributed by atoms with Gasteiger partial charge in [0.25, 0.3) is 0 Å². The molecule has 0 fully saturated rings. The van der Waals surface area contributed by atoms with E-state index in [0.29, 0.717) is 41.6 Å². The molecule has 0 spiro atoms. The van der Waals surface area contributed by atoms with Gasteiger partial charge in [-0.3, -0.25) is 0 Å². The molecule has 1 aromatic heterocycles. The van der Waals surface area contributed by atoms with Crippen LogP contribution in [0.2, 0.25) is 5.02 Å². The van der Waals surface area contributed by atoms with Gasteiger partial charge >= 0.3 is 0 Å². The third-order valence-corrected chi connectivity index (χ3v) is 7.17. The molecule has 5 rings (SSSR count). The summed E-state index contributed by atoms with van der Waals surface area (Å²) in [5.74, 6) is 1.49. The van der Waals surface area contributed by atoms with Gasteiger partial charge in [0.05, 0.1) is 11.4 Å². The minimum Gasteiger partial charge on any atom is -0.339 e. The quantitative estimate of drug-likeness (QED) is 0.609. The van der Waals surface area contributed by atoms with E-state index >= 15 is 0 Å². The summed E-state index contributed by atoms with van der Waals surface area (Å²) in [5, 5.41) is 14.9. The van der Waals surface area contributed by atoms with E-state index in [9.17, 15) is 8.42 Å². The monoisotopic (exact) mass is 452 g/mol. The summed E-state index contributed by atoms with van der Waals surface area (Å²) in [6.07, 6.45) is 1.71. The van der Waals surface area contributed by atoms with Gasteiger partial charge in [0, 0.05) is 22.7 Å². The third-order valence-electron chi connectivity index (χ3n) is 5.06. The molecule has 2 aliphatic rings. The molecule has 0 saturated carbocycles. The number of halogens is 1. The SMILES string of the molecule is O=S1(=O)CCCc2nc(-c3cccc(Cl)c3)nc(Nc3ccc(CC4=NN=N4)cc3)c21. The predicted octanol–water partition coefficient (Wildman–Crippen LogP) is 4.58. The van der Waals surface area contributed by atoms with Crippen LogP contribution in [-0.2, 0) is 22.7 Å². The summed E-state index contributed by atoms with van der Waals surface area (Å²) < 4.78 is 25.7. The fraction of sp³-hybridized carbons (Fsp3) is 0.190. The first-order valence-electron chi connectivity index (χ1n) is 9.71. The maximum absolute atomic E-state index is 12.8. The summed E-state index contributed by atoms with van der Waals surface area (Å²) in [6, 6.07) is 14.8. The first kappa shape index (κ1) is 19.8. The molecule has 0 bridgehead atoms. The number of fused-ring (bicyclic) bond motifs is 1. The Morgan fingerprint density at radius 1 is 1.06 bits per heavy atom. The molecule has 10 heteroatoms. The van der Waals surface area contributed by atoms with E-state index in [-0.39, 0.29) is 16.5 Å². The van der Waals surface area contributed by atoms with Crippen LogP contribution in [0.3, 0.4) is 0 Å². The van der Waals surface area contributed by atoms with E-state index in [1.54, 1.807) is 12.1 Å². The van der Waals surface area contributed by atoms with Crippen LogP contribution >= 0.6 is 11.6 Å². The van der Waals surface area contributed by atoms with Crippen molar-refractivity contribution >= 4 is 38.8 Å². The van der Waals surface area contributed by atoms with Gasteiger partial charge in [0.2, 0.25) is 0 Å². The third kappa shape index (κ3) is 4.06. The molecule has 2 aliphatic heterocycles. The molecule has 156 valence electrons. The van der Waals surface area contributed by atoms with E-state index in [4.69, 9.17) is 11.6 Å². The van der Waals surface area contributed by atoms with Crippen LogP contribution in [0.5, 0.6) is 0 Å². The Hall–Kier alpha value is -3.17. The van der Waals surface area contributed by atoms with Gasteiger partial charge < -0.3 is 5.32 Å². The summed E-state index contributed by atoms with van der Waals surface area (Å²) in [7, 11) is -3.47. The zero-order valence-electron chi connectivity index (χ0n) is 16.3. The number of anilines is 2. The number of nitrogens with zero attached hydrogens (tertiary/aromatic N) is 5. The molecular formula is C21H17ClN6O2S. The Morgan fingerprint density at radius 2 is 1.87 bits per heavy atom. The van der Waals surface area contributed by atoms with Crippen molar-refractivity contribution in [3.8, 4) is 11.4 Å². The Kier molecular flexibility index (Phi) is 4.99. The molecule has 8 nitrogen and oxygen atoms in total. The Balaban J connectivity index is 1.53. The van der Waals surface area contributed by atoms with Crippen molar-refractivity contribution in [2.45, 2.75) is 24.2 Å². The molecule has 3 aromatic rings. The molecule has 2 aromatic carbocycles. The summed E-state index contributed by atoms with van der Waals surface area (Å²) in [4.78, 5) is 9.32. The number of nitrogens with one attached hydrogen (secondary N) is 1. The highest BCUT2D eigenvalue weighted by Gasteiger charge is 2.30. The van der Waals surface area contributed by atoms with Crippen LogP contribution in [0.15, 0.2) is 68.9 Å². The molecule has 0 aliphatic carbocycles. The summed E-state index contributed by atoms with van der Waals surface area (Å²) >= 11 is 6.13. The lowest BCUT2D eigenvalue weighted by molar-refractivity contribution is 0.584. The van der Waals surface area contributed by atoms with Gasteiger partial charge in [-0.15, -0.1) is 10.2 Å². The van der Waals surface area contributed by atoms with Crippen molar-refractivity contribution in [1.82, 2.24) is 9.97 Å². The Morgan fingerprint density at radius 3 is 2.58 bits per heavy atom. The molecule has 3 heterocycles. The van der Waals surface area contributed by atoms with Crippen LogP contribution < -0.4 is 5.32 Å². The van der Waals surface area contributed by atoms with Gasteiger partial charge in [-0.2, -0.15) is 0 Å². The molecule has 31 heavy (non-hydrogen) atoms. The highest BCUT2D eigenvalue weighted by Crippen LogP contribution is 2.34. The lowest BCUT2D eigenvalue weighted by Crippen LogP contribution is -2.20. The van der Waals surface area contributed by atoms with Gasteiger partial charge in [-0.25, -0.2) is 18.4 Å². The van der Waals surface area contributed by atoms with Crippen LogP contribution in [0.1, 0.15) is 17.7 Å². The fourth-order valence-electron chi connectivity index (χ4n) is 3.57. The molecule has 0 amide bonds. The molecule has 0 radical (unpaired) electrons. The second-order valence-electron chi connectivity index (χ2n) is 7.31. The number of amidine groups is 1. The normalized spacial score (nSPS) is 16.2. The van der Waals surface area contributed by atoms with Crippen molar-refractivity contribution in [2.75, 3.05) is 11.1 Å². The zero-order valence-corrected chi connectivity index (χ0v) is 17.9. The van der Waals surface area contributed by atoms with Crippen molar-refractivity contribution in [3.63, 3.8) is 0 Å². The van der Waals surface area contributed by atoms with Crippen molar-refractivity contribution < 1.29 is 8.42 Å². The van der Waals surface area contributed by atoms with E-state index in [2.05, 4.69) is 30.7 Å². The fourth-order valence-corrected chi connectivity index (χ4v) is 5.39. The highest BCUT2D eigenvalue weighted by molar-refractivity contribution is 7.91. The van der Waals surface area contributed by atoms with Crippen molar-refractivity contribution in [3.05, 3.63) is 64.8 Å². The lowest BCUT2D eigenvalue weighted by atomic mass is 10.1. The number of hydrogen-bond acceptors (Lipinski definition) is 8. The van der Waals surface area contributed by atoms with Crippen LogP contribution in [0.4, 0.5) is 11.5 Å². The first-order valence-corrected chi connectivity index (χ1v) is 11.7. The minimum absolute atomic E-state index is 0.0875. The number of hydrogen-bond donors (Lipinski definition) is 1. The van der Waals surface area contributed by atoms with Crippen LogP contribution in [0.25, 0.3) is 11.4 Å². The number of sulfone groups is 1. The van der Waals surface area contributed by atoms with E-state index in [1.165, 1.54) is 0 Å². The number of rotatable bonds is 5. The van der Waals surface area contributed by atoms with Gasteiger partial charge in [-0.05, 0) is 47.9 Å². The molecule has 0 unspecified atom stereocenters.